The van der Waals surface area contributed by atoms with Crippen molar-refractivity contribution in [3.8, 4) is 12.1 Å². The van der Waals surface area contributed by atoms with Crippen molar-refractivity contribution < 1.29 is 9.59 Å². The van der Waals surface area contributed by atoms with E-state index in [0.29, 0.717) is 34.0 Å². The summed E-state index contributed by atoms with van der Waals surface area (Å²) < 4.78 is 0. The average molecular weight is 782 g/mol. The summed E-state index contributed by atoms with van der Waals surface area (Å²) in [6.45, 7) is 9.54. The van der Waals surface area contributed by atoms with E-state index in [2.05, 4.69) is 87.6 Å². The van der Waals surface area contributed by atoms with Gasteiger partial charge in [0.1, 0.15) is 34.2 Å². The number of amides is 2. The van der Waals surface area contributed by atoms with Crippen LogP contribution in [-0.4, -0.2) is 94.0 Å². The summed E-state index contributed by atoms with van der Waals surface area (Å²) in [5.41, 5.74) is 12.1. The number of hydrogen-bond acceptors (Lipinski definition) is 12. The molecule has 2 amide bonds. The molecule has 4 aliphatic heterocycles. The number of nitrogens with zero attached hydrogens (tertiary/aromatic N) is 8. The van der Waals surface area contributed by atoms with E-state index in [1.807, 2.05) is 24.3 Å². The number of nitrogens with one attached hydrogen (secondary N) is 3. The second-order valence-electron chi connectivity index (χ2n) is 14.3. The lowest BCUT2D eigenvalue weighted by atomic mass is 9.94. The van der Waals surface area contributed by atoms with Crippen LogP contribution >= 0.6 is 15.9 Å². The molecule has 4 fully saturated rings. The van der Waals surface area contributed by atoms with Gasteiger partial charge in [-0.2, -0.15) is 10.5 Å². The number of benzene rings is 2. The maximum atomic E-state index is 11.9. The molecule has 2 aromatic carbocycles. The van der Waals surface area contributed by atoms with Gasteiger partial charge < -0.3 is 31.5 Å². The average Bonchev–Trinajstić information content (AvgIpc) is 3.75. The van der Waals surface area contributed by atoms with Crippen LogP contribution in [0, 0.1) is 34.5 Å². The zero-order chi connectivity index (χ0) is 37.5. The molecule has 0 spiro atoms. The number of piperidine rings is 2. The van der Waals surface area contributed by atoms with Gasteiger partial charge in [-0.15, -0.1) is 0 Å². The first-order valence-electron chi connectivity index (χ1n) is 18.1. The first kappa shape index (κ1) is 37.8. The molecule has 6 heterocycles. The van der Waals surface area contributed by atoms with Gasteiger partial charge >= 0.3 is 0 Å². The zero-order valence-corrected chi connectivity index (χ0v) is 31.6. The Morgan fingerprint density at radius 2 is 1.25 bits per heavy atom. The van der Waals surface area contributed by atoms with E-state index in [9.17, 15) is 14.9 Å². The van der Waals surface area contributed by atoms with Crippen LogP contribution in [0.1, 0.15) is 50.7 Å². The van der Waals surface area contributed by atoms with Crippen LogP contribution < -0.4 is 31.5 Å². The molecule has 2 unspecified atom stereocenters. The Morgan fingerprint density at radius 1 is 0.736 bits per heavy atom. The third-order valence-corrected chi connectivity index (χ3v) is 10.8. The van der Waals surface area contributed by atoms with Crippen LogP contribution in [0.15, 0.2) is 49.1 Å². The highest BCUT2D eigenvalue weighted by Gasteiger charge is 2.32. The monoisotopic (exact) mass is 780 g/mol. The summed E-state index contributed by atoms with van der Waals surface area (Å²) in [4.78, 5) is 44.5. The summed E-state index contributed by atoms with van der Waals surface area (Å²) in [7, 11) is 0. The van der Waals surface area contributed by atoms with Gasteiger partial charge in [-0.3, -0.25) is 29.5 Å². The molecule has 0 bridgehead atoms. The number of fused-ring (bicyclic) bond motifs is 2. The number of aromatic nitrogens is 4. The maximum Gasteiger partial charge on any atom is 0.237 e. The van der Waals surface area contributed by atoms with Crippen molar-refractivity contribution in [3.05, 3.63) is 60.2 Å². The van der Waals surface area contributed by atoms with E-state index in [1.165, 1.54) is 0 Å². The van der Waals surface area contributed by atoms with E-state index in [1.54, 1.807) is 24.8 Å². The second kappa shape index (κ2) is 17.2. The van der Waals surface area contributed by atoms with Gasteiger partial charge in [0, 0.05) is 76.1 Å². The summed E-state index contributed by atoms with van der Waals surface area (Å²) in [6.07, 6.45) is 10.4. The molecule has 4 aromatic rings. The standard InChI is InChI=1S/C19H22N6O.C15H17N5.C4H6BrNO/c1-12-8-14(24-15-4-5-23-19(15)26)11-25(10-12)16-3-2-13(9-20)17-18(16)22-7-6-21-17;1-10-6-12(17)9-20(8-10)13-3-2-11(7-16)14-15(13)19-5-4-18-14;5-3-1-2-6-4(3)7/h2-3,6-7,12,14-15,24H,4-5,8,10-11H2,1H3,(H,23,26);2-5,10,12H,6,8-9,17H2,1H3;3H,1-2H2,(H,6,7)/t12-,14+,15?;10-,12+;/m00./s1. The molecule has 14 nitrogen and oxygen atoms in total. The van der Waals surface area contributed by atoms with E-state index in [-0.39, 0.29) is 34.8 Å². The van der Waals surface area contributed by atoms with E-state index in [4.69, 9.17) is 11.0 Å². The van der Waals surface area contributed by atoms with E-state index in [0.717, 1.165) is 87.4 Å². The van der Waals surface area contributed by atoms with Crippen molar-refractivity contribution in [3.63, 3.8) is 0 Å². The third-order valence-electron chi connectivity index (χ3n) is 9.95. The molecular weight excluding hydrogens is 736 g/mol. The second-order valence-corrected chi connectivity index (χ2v) is 15.4. The van der Waals surface area contributed by atoms with Gasteiger partial charge in [0.15, 0.2) is 0 Å². The van der Waals surface area contributed by atoms with Crippen molar-refractivity contribution in [2.24, 2.45) is 17.6 Å². The van der Waals surface area contributed by atoms with Gasteiger partial charge in [0.2, 0.25) is 11.8 Å². The minimum absolute atomic E-state index is 0.0764. The summed E-state index contributed by atoms with van der Waals surface area (Å²) in [5, 5.41) is 27.6. The van der Waals surface area contributed by atoms with Crippen LogP contribution in [0.3, 0.4) is 0 Å². The SMILES string of the molecule is C[C@H]1C[C@@H](N)CN(c2ccc(C#N)c3nccnc23)C1.C[C@H]1C[C@@H](NC2CCNC2=O)CN(c2ccc(C#N)c3nccnc23)C1.O=C1NCCC1Br. The molecular formula is C38H45BrN12O2. The van der Waals surface area contributed by atoms with Gasteiger partial charge in [0.05, 0.1) is 33.4 Å². The topological polar surface area (TPSA) is 202 Å². The van der Waals surface area contributed by atoms with Crippen molar-refractivity contribution in [1.29, 1.82) is 10.5 Å². The molecule has 53 heavy (non-hydrogen) atoms. The number of nitriles is 2. The fraction of sp³-hybridized carbons (Fsp3) is 0.474. The fourth-order valence-corrected chi connectivity index (χ4v) is 8.03. The molecule has 276 valence electrons. The Hall–Kier alpha value is -4.96. The maximum absolute atomic E-state index is 11.9. The number of hydrogen-bond donors (Lipinski definition) is 4. The zero-order valence-electron chi connectivity index (χ0n) is 30.0. The predicted octanol–water partition coefficient (Wildman–Crippen LogP) is 3.14. The molecule has 2 aromatic heterocycles. The Labute approximate surface area is 317 Å². The van der Waals surface area contributed by atoms with E-state index >= 15 is 0 Å². The molecule has 0 saturated carbocycles. The quantitative estimate of drug-likeness (QED) is 0.221. The smallest absolute Gasteiger partial charge is 0.237 e. The molecule has 4 aliphatic rings. The Balaban J connectivity index is 0.000000157. The van der Waals surface area contributed by atoms with E-state index < -0.39 is 0 Å². The normalized spacial score (nSPS) is 25.3. The number of alkyl halides is 1. The lowest BCUT2D eigenvalue weighted by Gasteiger charge is -2.39. The highest BCUT2D eigenvalue weighted by molar-refractivity contribution is 9.10. The minimum Gasteiger partial charge on any atom is -0.368 e. The van der Waals surface area contributed by atoms with Crippen molar-refractivity contribution in [1.82, 2.24) is 35.9 Å². The number of anilines is 2. The van der Waals surface area contributed by atoms with Crippen molar-refractivity contribution in [2.75, 3.05) is 49.1 Å². The number of carbonyl (C=O) groups excluding carboxylic acids is 2. The fourth-order valence-electron chi connectivity index (χ4n) is 7.64. The summed E-state index contributed by atoms with van der Waals surface area (Å²) >= 11 is 3.19. The Kier molecular flexibility index (Phi) is 12.3. The molecule has 8 rings (SSSR count). The first-order chi connectivity index (χ1) is 25.6. The number of carbonyl (C=O) groups is 2. The molecule has 4 saturated heterocycles. The van der Waals surface area contributed by atoms with Crippen LogP contribution in [0.4, 0.5) is 11.4 Å². The van der Waals surface area contributed by atoms with Gasteiger partial charge in [0.25, 0.3) is 0 Å². The van der Waals surface area contributed by atoms with Gasteiger partial charge in [-0.1, -0.05) is 29.8 Å². The van der Waals surface area contributed by atoms with Gasteiger partial charge in [-0.25, -0.2) is 0 Å². The summed E-state index contributed by atoms with van der Waals surface area (Å²) in [5.74, 6) is 1.28. The van der Waals surface area contributed by atoms with Crippen molar-refractivity contribution >= 4 is 61.2 Å². The molecule has 5 N–H and O–H groups in total. The van der Waals surface area contributed by atoms with Crippen LogP contribution in [0.5, 0.6) is 0 Å². The van der Waals surface area contributed by atoms with Crippen molar-refractivity contribution in [2.45, 2.75) is 62.5 Å². The highest BCUT2D eigenvalue weighted by atomic mass is 79.9. The van der Waals surface area contributed by atoms with Crippen LogP contribution in [0.2, 0.25) is 0 Å². The highest BCUT2D eigenvalue weighted by Crippen LogP contribution is 2.31. The molecule has 15 heteroatoms. The lowest BCUT2D eigenvalue weighted by Crippen LogP contribution is -2.53. The summed E-state index contributed by atoms with van der Waals surface area (Å²) in [6, 6.07) is 12.3. The predicted molar refractivity (Wildman–Crippen MR) is 207 cm³/mol. The largest absolute Gasteiger partial charge is 0.368 e. The van der Waals surface area contributed by atoms with Crippen LogP contribution in [-0.2, 0) is 9.59 Å². The lowest BCUT2D eigenvalue weighted by molar-refractivity contribution is -0.121. The number of halogens is 1. The molecule has 6 atom stereocenters. The first-order valence-corrected chi connectivity index (χ1v) is 19.0. The number of nitrogens with two attached hydrogens (primary N) is 1. The molecule has 0 aliphatic carbocycles. The third kappa shape index (κ3) is 8.99. The Morgan fingerprint density at radius 3 is 1.70 bits per heavy atom. The minimum atomic E-state index is -0.0929. The Bertz CT molecular complexity index is 2020. The number of rotatable bonds is 4. The van der Waals surface area contributed by atoms with Crippen LogP contribution in [0.25, 0.3) is 22.1 Å². The van der Waals surface area contributed by atoms with Gasteiger partial charge in [-0.05, 0) is 61.8 Å². The molecule has 0 radical (unpaired) electrons.